The molecule has 3 aromatic rings. The van der Waals surface area contributed by atoms with E-state index in [4.69, 9.17) is 9.47 Å². The Bertz CT molecular complexity index is 1080. The molecule has 4 rings (SSSR count). The van der Waals surface area contributed by atoms with Crippen molar-refractivity contribution in [2.75, 3.05) is 18.7 Å². The highest BCUT2D eigenvalue weighted by Crippen LogP contribution is 2.29. The Morgan fingerprint density at radius 3 is 2.87 bits per heavy atom. The molecule has 0 saturated carbocycles. The minimum atomic E-state index is -0.349. The van der Waals surface area contributed by atoms with Crippen molar-refractivity contribution in [2.24, 2.45) is 0 Å². The number of carbonyl (C=O) groups excluding carboxylic acids is 1. The molecule has 2 heterocycles. The normalized spacial score (nSPS) is 12.8. The van der Waals surface area contributed by atoms with E-state index < -0.39 is 0 Å². The first-order valence-electron chi connectivity index (χ1n) is 9.70. The van der Waals surface area contributed by atoms with Crippen LogP contribution in [0.4, 0.5) is 14.9 Å². The molecule has 0 bridgehead atoms. The van der Waals surface area contributed by atoms with E-state index in [0.717, 1.165) is 17.1 Å². The lowest BCUT2D eigenvalue weighted by atomic mass is 10.1. The van der Waals surface area contributed by atoms with Gasteiger partial charge in [-0.05, 0) is 56.2 Å². The van der Waals surface area contributed by atoms with Gasteiger partial charge >= 0.3 is 6.03 Å². The molecule has 1 aromatic heterocycles. The molecule has 0 spiro atoms. The summed E-state index contributed by atoms with van der Waals surface area (Å²) < 4.78 is 26.4. The fourth-order valence-corrected chi connectivity index (χ4v) is 3.56. The van der Waals surface area contributed by atoms with Crippen LogP contribution in [0.3, 0.4) is 0 Å². The fraction of sp³-hybridized carbons (Fsp3) is 0.273. The van der Waals surface area contributed by atoms with Gasteiger partial charge in [0.05, 0.1) is 23.7 Å². The van der Waals surface area contributed by atoms with Gasteiger partial charge < -0.3 is 20.1 Å². The second-order valence-corrected chi connectivity index (χ2v) is 7.15. The van der Waals surface area contributed by atoms with E-state index in [1.165, 1.54) is 12.1 Å². The first-order valence-corrected chi connectivity index (χ1v) is 9.70. The van der Waals surface area contributed by atoms with Crippen LogP contribution >= 0.6 is 0 Å². The van der Waals surface area contributed by atoms with Crippen molar-refractivity contribution < 1.29 is 18.7 Å². The number of anilines is 1. The number of aromatic nitrogens is 2. The van der Waals surface area contributed by atoms with Crippen molar-refractivity contribution in [3.63, 3.8) is 0 Å². The van der Waals surface area contributed by atoms with E-state index >= 15 is 0 Å². The number of para-hydroxylation sites is 2. The largest absolute Gasteiger partial charge is 0.467 e. The number of urea groups is 1. The fourth-order valence-electron chi connectivity index (χ4n) is 3.56. The Hall–Kier alpha value is -3.39. The molecular weight excluding hydrogens is 387 g/mol. The highest BCUT2D eigenvalue weighted by Gasteiger charge is 2.17. The van der Waals surface area contributed by atoms with Crippen molar-refractivity contribution in [3.8, 4) is 11.4 Å². The second kappa shape index (κ2) is 8.54. The van der Waals surface area contributed by atoms with Crippen molar-refractivity contribution in [1.82, 2.24) is 15.1 Å². The number of rotatable bonds is 5. The quantitative estimate of drug-likeness (QED) is 0.670. The van der Waals surface area contributed by atoms with Crippen LogP contribution in [0.5, 0.6) is 5.75 Å². The van der Waals surface area contributed by atoms with Crippen LogP contribution < -0.4 is 15.4 Å². The van der Waals surface area contributed by atoms with Crippen molar-refractivity contribution in [2.45, 2.75) is 26.9 Å². The lowest BCUT2D eigenvalue weighted by Gasteiger charge is -2.21. The Labute approximate surface area is 173 Å². The third-order valence-electron chi connectivity index (χ3n) is 4.82. The van der Waals surface area contributed by atoms with Crippen LogP contribution in [0.25, 0.3) is 5.69 Å². The molecule has 2 N–H and O–H groups in total. The summed E-state index contributed by atoms with van der Waals surface area (Å²) in [4.78, 5) is 12.5. The van der Waals surface area contributed by atoms with Gasteiger partial charge in [-0.1, -0.05) is 12.1 Å². The minimum Gasteiger partial charge on any atom is -0.467 e. The number of aryl methyl sites for hydroxylation is 2. The number of halogens is 1. The van der Waals surface area contributed by atoms with Crippen molar-refractivity contribution in [1.29, 1.82) is 0 Å². The number of benzene rings is 2. The van der Waals surface area contributed by atoms with E-state index in [2.05, 4.69) is 15.7 Å². The highest BCUT2D eigenvalue weighted by atomic mass is 19.1. The zero-order chi connectivity index (χ0) is 21.1. The van der Waals surface area contributed by atoms with Gasteiger partial charge in [-0.15, -0.1) is 0 Å². The van der Waals surface area contributed by atoms with E-state index in [-0.39, 0.29) is 18.6 Å². The highest BCUT2D eigenvalue weighted by molar-refractivity contribution is 5.91. The smallest absolute Gasteiger partial charge is 0.319 e. The molecule has 0 aliphatic carbocycles. The Morgan fingerprint density at radius 1 is 1.23 bits per heavy atom. The van der Waals surface area contributed by atoms with E-state index in [1.807, 2.05) is 44.2 Å². The molecule has 2 amide bonds. The van der Waals surface area contributed by atoms with E-state index in [1.54, 1.807) is 4.68 Å². The number of hydrogen-bond acceptors (Lipinski definition) is 4. The maximum absolute atomic E-state index is 13.8. The van der Waals surface area contributed by atoms with Gasteiger partial charge in [0.15, 0.2) is 6.79 Å². The standard InChI is InChI=1S/C22H23FN4O3/c1-14-9-15(2)27(26-14)20-6-4-3-5-19(20)25-22(28)24-8-7-16-10-18(23)11-17-12-29-13-30-21(16)17/h3-6,9-11H,7-8,12-13H2,1-2H3,(H2,24,25,28). The predicted molar refractivity (Wildman–Crippen MR) is 110 cm³/mol. The average molecular weight is 410 g/mol. The maximum atomic E-state index is 13.8. The molecular formula is C22H23FN4O3. The van der Waals surface area contributed by atoms with Crippen molar-refractivity contribution >= 4 is 11.7 Å². The summed E-state index contributed by atoms with van der Waals surface area (Å²) in [5, 5.41) is 10.2. The zero-order valence-corrected chi connectivity index (χ0v) is 16.9. The maximum Gasteiger partial charge on any atom is 0.319 e. The Kier molecular flexibility index (Phi) is 5.67. The molecule has 0 radical (unpaired) electrons. The topological polar surface area (TPSA) is 77.4 Å². The van der Waals surface area contributed by atoms with Gasteiger partial charge in [0, 0.05) is 17.8 Å². The summed E-state index contributed by atoms with van der Waals surface area (Å²) >= 11 is 0. The van der Waals surface area contributed by atoms with E-state index in [0.29, 0.717) is 42.1 Å². The van der Waals surface area contributed by atoms with Gasteiger partial charge in [0.1, 0.15) is 11.6 Å². The summed E-state index contributed by atoms with van der Waals surface area (Å²) in [7, 11) is 0. The number of fused-ring (bicyclic) bond motifs is 1. The number of hydrogen-bond donors (Lipinski definition) is 2. The molecule has 0 atom stereocenters. The average Bonchev–Trinajstić information content (AvgIpc) is 3.06. The lowest BCUT2D eigenvalue weighted by molar-refractivity contribution is -0.0172. The summed E-state index contributed by atoms with van der Waals surface area (Å²) in [5.41, 5.74) is 4.69. The van der Waals surface area contributed by atoms with Gasteiger partial charge in [0.2, 0.25) is 0 Å². The number of ether oxygens (including phenoxy) is 2. The van der Waals surface area contributed by atoms with Crippen LogP contribution in [0.15, 0.2) is 42.5 Å². The summed E-state index contributed by atoms with van der Waals surface area (Å²) in [5.74, 6) is 0.292. The summed E-state index contributed by atoms with van der Waals surface area (Å²) in [6.45, 7) is 4.67. The Morgan fingerprint density at radius 2 is 2.07 bits per heavy atom. The summed E-state index contributed by atoms with van der Waals surface area (Å²) in [6.07, 6.45) is 0.437. The molecule has 0 saturated heterocycles. The number of amides is 2. The number of nitrogens with zero attached hydrogens (tertiary/aromatic N) is 2. The monoisotopic (exact) mass is 410 g/mol. The molecule has 1 aliphatic rings. The lowest BCUT2D eigenvalue weighted by Crippen LogP contribution is -2.31. The molecule has 30 heavy (non-hydrogen) atoms. The molecule has 2 aromatic carbocycles. The molecule has 0 unspecified atom stereocenters. The number of carbonyl (C=O) groups is 1. The summed E-state index contributed by atoms with van der Waals surface area (Å²) in [6, 6.07) is 11.9. The van der Waals surface area contributed by atoms with E-state index in [9.17, 15) is 9.18 Å². The zero-order valence-electron chi connectivity index (χ0n) is 16.9. The van der Waals surface area contributed by atoms with Crippen LogP contribution in [-0.2, 0) is 17.8 Å². The molecule has 0 fully saturated rings. The third-order valence-corrected chi connectivity index (χ3v) is 4.82. The van der Waals surface area contributed by atoms with Crippen LogP contribution in [0.2, 0.25) is 0 Å². The SMILES string of the molecule is Cc1cc(C)n(-c2ccccc2NC(=O)NCCc2cc(F)cc3c2OCOC3)n1. The molecule has 1 aliphatic heterocycles. The molecule has 7 nitrogen and oxygen atoms in total. The Balaban J connectivity index is 1.41. The first kappa shape index (κ1) is 19.9. The van der Waals surface area contributed by atoms with Crippen LogP contribution in [0, 0.1) is 19.7 Å². The third kappa shape index (κ3) is 4.28. The van der Waals surface area contributed by atoms with Gasteiger partial charge in [-0.3, -0.25) is 0 Å². The van der Waals surface area contributed by atoms with Crippen molar-refractivity contribution in [3.05, 3.63) is 70.8 Å². The minimum absolute atomic E-state index is 0.142. The van der Waals surface area contributed by atoms with Gasteiger partial charge in [-0.2, -0.15) is 5.10 Å². The predicted octanol–water partition coefficient (Wildman–Crippen LogP) is 3.86. The van der Waals surface area contributed by atoms with Crippen LogP contribution in [0.1, 0.15) is 22.5 Å². The number of nitrogens with one attached hydrogen (secondary N) is 2. The van der Waals surface area contributed by atoms with Gasteiger partial charge in [0.25, 0.3) is 0 Å². The first-order chi connectivity index (χ1) is 14.5. The molecule has 8 heteroatoms. The van der Waals surface area contributed by atoms with Gasteiger partial charge in [-0.25, -0.2) is 13.9 Å². The second-order valence-electron chi connectivity index (χ2n) is 7.15. The van der Waals surface area contributed by atoms with Crippen LogP contribution in [-0.4, -0.2) is 29.1 Å². The molecule has 156 valence electrons.